The van der Waals surface area contributed by atoms with Gasteiger partial charge in [0, 0.05) is 5.69 Å². The molecule has 0 saturated carbocycles. The SMILES string of the molecule is CCc1cc(CC)n(C(C(=O)O)c2ccccc2)n1. The first-order chi connectivity index (χ1) is 9.17. The van der Waals surface area contributed by atoms with Gasteiger partial charge in [-0.25, -0.2) is 4.79 Å². The van der Waals surface area contributed by atoms with Gasteiger partial charge in [-0.1, -0.05) is 44.2 Å². The normalized spacial score (nSPS) is 12.3. The Kier molecular flexibility index (Phi) is 4.00. The maximum atomic E-state index is 11.6. The molecule has 19 heavy (non-hydrogen) atoms. The number of rotatable bonds is 5. The van der Waals surface area contributed by atoms with Crippen LogP contribution in [-0.4, -0.2) is 20.9 Å². The summed E-state index contributed by atoms with van der Waals surface area (Å²) in [5, 5.41) is 14.0. The number of aryl methyl sites for hydroxylation is 2. The van der Waals surface area contributed by atoms with Gasteiger partial charge < -0.3 is 5.11 Å². The number of benzene rings is 1. The standard InChI is InChI=1S/C15H18N2O2/c1-3-12-10-13(4-2)17(16-12)14(15(18)19)11-8-6-5-7-9-11/h5-10,14H,3-4H2,1-2H3,(H,18,19). The quantitative estimate of drug-likeness (QED) is 0.897. The van der Waals surface area contributed by atoms with Gasteiger partial charge in [-0.05, 0) is 24.5 Å². The Labute approximate surface area is 112 Å². The molecule has 4 heteroatoms. The van der Waals surface area contributed by atoms with Gasteiger partial charge in [0.25, 0.3) is 0 Å². The van der Waals surface area contributed by atoms with E-state index in [0.29, 0.717) is 0 Å². The lowest BCUT2D eigenvalue weighted by molar-refractivity contribution is -0.139. The van der Waals surface area contributed by atoms with Gasteiger partial charge in [-0.2, -0.15) is 5.10 Å². The zero-order valence-electron chi connectivity index (χ0n) is 11.2. The van der Waals surface area contributed by atoms with Crippen molar-refractivity contribution >= 4 is 5.97 Å². The molecule has 2 rings (SSSR count). The minimum absolute atomic E-state index is 0.746. The number of carboxylic acids is 1. The van der Waals surface area contributed by atoms with Crippen LogP contribution in [0, 0.1) is 0 Å². The third kappa shape index (κ3) is 2.67. The Morgan fingerprint density at radius 1 is 1.26 bits per heavy atom. The molecule has 0 spiro atoms. The maximum Gasteiger partial charge on any atom is 0.333 e. The minimum atomic E-state index is -0.883. The molecule has 1 unspecified atom stereocenters. The fraction of sp³-hybridized carbons (Fsp3) is 0.333. The Bertz CT molecular complexity index is 561. The van der Waals surface area contributed by atoms with E-state index in [1.807, 2.05) is 50.2 Å². The average molecular weight is 258 g/mol. The predicted octanol–water partition coefficient (Wildman–Crippen LogP) is 2.68. The van der Waals surface area contributed by atoms with E-state index in [-0.39, 0.29) is 0 Å². The van der Waals surface area contributed by atoms with Crippen LogP contribution in [0.5, 0.6) is 0 Å². The highest BCUT2D eigenvalue weighted by molar-refractivity contribution is 5.76. The summed E-state index contributed by atoms with van der Waals surface area (Å²) in [6.45, 7) is 4.03. The molecule has 1 atom stereocenters. The fourth-order valence-electron chi connectivity index (χ4n) is 2.17. The molecule has 0 bridgehead atoms. The molecule has 1 heterocycles. The van der Waals surface area contributed by atoms with E-state index in [2.05, 4.69) is 5.10 Å². The molecule has 0 amide bonds. The van der Waals surface area contributed by atoms with Gasteiger partial charge in [0.1, 0.15) is 0 Å². The molecule has 0 fully saturated rings. The summed E-state index contributed by atoms with van der Waals surface area (Å²) in [4.78, 5) is 11.6. The van der Waals surface area contributed by atoms with Gasteiger partial charge in [0.05, 0.1) is 5.69 Å². The summed E-state index contributed by atoms with van der Waals surface area (Å²) >= 11 is 0. The van der Waals surface area contributed by atoms with Crippen LogP contribution in [-0.2, 0) is 17.6 Å². The first kappa shape index (κ1) is 13.3. The van der Waals surface area contributed by atoms with Crippen LogP contribution in [0.1, 0.15) is 36.8 Å². The van der Waals surface area contributed by atoms with Crippen molar-refractivity contribution in [3.8, 4) is 0 Å². The molecule has 1 N–H and O–H groups in total. The van der Waals surface area contributed by atoms with Crippen LogP contribution >= 0.6 is 0 Å². The number of aliphatic carboxylic acids is 1. The number of carbonyl (C=O) groups is 1. The minimum Gasteiger partial charge on any atom is -0.479 e. The topological polar surface area (TPSA) is 55.1 Å². The van der Waals surface area contributed by atoms with E-state index in [0.717, 1.165) is 29.8 Å². The lowest BCUT2D eigenvalue weighted by Gasteiger charge is -2.16. The molecule has 1 aromatic heterocycles. The fourth-order valence-corrected chi connectivity index (χ4v) is 2.17. The Balaban J connectivity index is 2.51. The van der Waals surface area contributed by atoms with E-state index in [1.165, 1.54) is 0 Å². The van der Waals surface area contributed by atoms with Crippen LogP contribution in [0.2, 0.25) is 0 Å². The summed E-state index contributed by atoms with van der Waals surface area (Å²) in [7, 11) is 0. The first-order valence-corrected chi connectivity index (χ1v) is 6.52. The Morgan fingerprint density at radius 3 is 2.47 bits per heavy atom. The first-order valence-electron chi connectivity index (χ1n) is 6.52. The molecular weight excluding hydrogens is 240 g/mol. The van der Waals surface area contributed by atoms with Crippen LogP contribution in [0.3, 0.4) is 0 Å². The molecule has 1 aromatic carbocycles. The molecule has 100 valence electrons. The van der Waals surface area contributed by atoms with E-state index >= 15 is 0 Å². The van der Waals surface area contributed by atoms with Gasteiger partial charge in [-0.3, -0.25) is 4.68 Å². The number of hydrogen-bond acceptors (Lipinski definition) is 2. The summed E-state index contributed by atoms with van der Waals surface area (Å²) in [6, 6.07) is 10.5. The van der Waals surface area contributed by atoms with E-state index in [4.69, 9.17) is 0 Å². The highest BCUT2D eigenvalue weighted by atomic mass is 16.4. The summed E-state index contributed by atoms with van der Waals surface area (Å²) in [5.41, 5.74) is 2.63. The zero-order valence-corrected chi connectivity index (χ0v) is 11.2. The molecule has 0 aliphatic heterocycles. The average Bonchev–Trinajstić information content (AvgIpc) is 2.83. The second-order valence-corrected chi connectivity index (χ2v) is 4.43. The highest BCUT2D eigenvalue weighted by Gasteiger charge is 2.24. The summed E-state index contributed by atoms with van der Waals surface area (Å²) in [5.74, 6) is -0.883. The molecule has 4 nitrogen and oxygen atoms in total. The monoisotopic (exact) mass is 258 g/mol. The van der Waals surface area contributed by atoms with Crippen molar-refractivity contribution in [2.75, 3.05) is 0 Å². The third-order valence-electron chi connectivity index (χ3n) is 3.18. The highest BCUT2D eigenvalue weighted by Crippen LogP contribution is 2.21. The number of aromatic nitrogens is 2. The molecule has 0 saturated heterocycles. The van der Waals surface area contributed by atoms with Crippen molar-refractivity contribution in [1.82, 2.24) is 9.78 Å². The lowest BCUT2D eigenvalue weighted by atomic mass is 10.1. The number of hydrogen-bond donors (Lipinski definition) is 1. The molecule has 0 aliphatic carbocycles. The molecular formula is C15H18N2O2. The molecule has 0 radical (unpaired) electrons. The van der Waals surface area contributed by atoms with Gasteiger partial charge in [0.15, 0.2) is 6.04 Å². The zero-order chi connectivity index (χ0) is 13.8. The summed E-state index contributed by atoms with van der Waals surface area (Å²) < 4.78 is 1.64. The smallest absolute Gasteiger partial charge is 0.333 e. The van der Waals surface area contributed by atoms with Crippen molar-refractivity contribution in [2.45, 2.75) is 32.7 Å². The van der Waals surface area contributed by atoms with E-state index < -0.39 is 12.0 Å². The number of carboxylic acid groups (broad SMARTS) is 1. The van der Waals surface area contributed by atoms with Crippen LogP contribution in [0.15, 0.2) is 36.4 Å². The maximum absolute atomic E-state index is 11.6. The second-order valence-electron chi connectivity index (χ2n) is 4.43. The van der Waals surface area contributed by atoms with E-state index in [9.17, 15) is 9.90 Å². The van der Waals surface area contributed by atoms with Crippen LogP contribution in [0.25, 0.3) is 0 Å². The van der Waals surface area contributed by atoms with Crippen LogP contribution < -0.4 is 0 Å². The van der Waals surface area contributed by atoms with Crippen LogP contribution in [0.4, 0.5) is 0 Å². The van der Waals surface area contributed by atoms with Crippen molar-refractivity contribution in [3.63, 3.8) is 0 Å². The van der Waals surface area contributed by atoms with E-state index in [1.54, 1.807) is 4.68 Å². The van der Waals surface area contributed by atoms with Crippen molar-refractivity contribution in [1.29, 1.82) is 0 Å². The van der Waals surface area contributed by atoms with Crippen molar-refractivity contribution in [2.24, 2.45) is 0 Å². The molecule has 2 aromatic rings. The van der Waals surface area contributed by atoms with Crippen molar-refractivity contribution < 1.29 is 9.90 Å². The van der Waals surface area contributed by atoms with Gasteiger partial charge >= 0.3 is 5.97 Å². The number of nitrogens with zero attached hydrogens (tertiary/aromatic N) is 2. The van der Waals surface area contributed by atoms with Gasteiger partial charge in [0.2, 0.25) is 0 Å². The molecule has 0 aliphatic rings. The summed E-state index contributed by atoms with van der Waals surface area (Å²) in [6.07, 6.45) is 1.57. The Morgan fingerprint density at radius 2 is 1.95 bits per heavy atom. The largest absolute Gasteiger partial charge is 0.479 e. The second kappa shape index (κ2) is 5.69. The third-order valence-corrected chi connectivity index (χ3v) is 3.18. The predicted molar refractivity (Wildman–Crippen MR) is 73.2 cm³/mol. The van der Waals surface area contributed by atoms with Gasteiger partial charge in [-0.15, -0.1) is 0 Å². The van der Waals surface area contributed by atoms with Crippen molar-refractivity contribution in [3.05, 3.63) is 53.3 Å². The Hall–Kier alpha value is -2.10. The lowest BCUT2D eigenvalue weighted by Crippen LogP contribution is -2.23.